The average molecular weight is 239 g/mol. The first-order chi connectivity index (χ1) is 8.18. The molecule has 2 atom stereocenters. The van der Waals surface area contributed by atoms with Gasteiger partial charge in [0.15, 0.2) is 0 Å². The molecule has 2 rings (SSSR count). The maximum atomic E-state index is 12.4. The molecule has 4 heteroatoms. The molecule has 2 fully saturated rings. The number of carbonyl (C=O) groups excluding carboxylic acids is 1. The molecular formula is C13H25N3O. The van der Waals surface area contributed by atoms with Crippen molar-refractivity contribution in [3.05, 3.63) is 0 Å². The van der Waals surface area contributed by atoms with Crippen LogP contribution < -0.4 is 5.32 Å². The Morgan fingerprint density at radius 2 is 2.06 bits per heavy atom. The molecule has 0 aromatic carbocycles. The number of piperidine rings is 2. The third kappa shape index (κ3) is 3.19. The summed E-state index contributed by atoms with van der Waals surface area (Å²) in [4.78, 5) is 16.7. The van der Waals surface area contributed by atoms with Gasteiger partial charge < -0.3 is 15.1 Å². The van der Waals surface area contributed by atoms with E-state index < -0.39 is 0 Å². The van der Waals surface area contributed by atoms with Gasteiger partial charge in [-0.25, -0.2) is 0 Å². The molecule has 0 aliphatic carbocycles. The first kappa shape index (κ1) is 12.8. The van der Waals surface area contributed by atoms with Gasteiger partial charge in [0.1, 0.15) is 0 Å². The molecule has 0 bridgehead atoms. The van der Waals surface area contributed by atoms with Gasteiger partial charge in [-0.15, -0.1) is 0 Å². The maximum Gasteiger partial charge on any atom is 0.239 e. The van der Waals surface area contributed by atoms with Gasteiger partial charge in [0, 0.05) is 19.1 Å². The van der Waals surface area contributed by atoms with E-state index in [1.54, 1.807) is 0 Å². The highest BCUT2D eigenvalue weighted by Crippen LogP contribution is 2.17. The zero-order valence-corrected chi connectivity index (χ0v) is 11.1. The molecule has 2 saturated heterocycles. The quantitative estimate of drug-likeness (QED) is 0.770. The summed E-state index contributed by atoms with van der Waals surface area (Å²) in [6, 6.07) is 0.626. The van der Waals surface area contributed by atoms with E-state index in [1.165, 1.54) is 19.3 Å². The number of nitrogens with one attached hydrogen (secondary N) is 1. The van der Waals surface area contributed by atoms with Crippen LogP contribution in [0.1, 0.15) is 32.1 Å². The predicted octanol–water partition coefficient (Wildman–Crippen LogP) is 0.681. The molecule has 4 nitrogen and oxygen atoms in total. The Balaban J connectivity index is 1.89. The van der Waals surface area contributed by atoms with Crippen molar-refractivity contribution in [3.63, 3.8) is 0 Å². The SMILES string of the molecule is CN(C)C1CCCN(C(=O)[C@@H]2CCCCN2)C1. The fourth-order valence-electron chi connectivity index (χ4n) is 2.86. The highest BCUT2D eigenvalue weighted by Gasteiger charge is 2.30. The molecule has 1 N–H and O–H groups in total. The molecule has 0 aromatic rings. The minimum Gasteiger partial charge on any atom is -0.340 e. The largest absolute Gasteiger partial charge is 0.340 e. The van der Waals surface area contributed by atoms with Crippen LogP contribution in [0.4, 0.5) is 0 Å². The molecule has 2 aliphatic heterocycles. The number of rotatable bonds is 2. The van der Waals surface area contributed by atoms with Gasteiger partial charge in [-0.1, -0.05) is 6.42 Å². The van der Waals surface area contributed by atoms with Crippen molar-refractivity contribution in [1.29, 1.82) is 0 Å². The second-order valence-electron chi connectivity index (χ2n) is 5.55. The highest BCUT2D eigenvalue weighted by atomic mass is 16.2. The molecule has 98 valence electrons. The van der Waals surface area contributed by atoms with Gasteiger partial charge in [-0.05, 0) is 46.3 Å². The molecule has 0 saturated carbocycles. The van der Waals surface area contributed by atoms with Crippen molar-refractivity contribution in [2.45, 2.75) is 44.2 Å². The highest BCUT2D eigenvalue weighted by molar-refractivity contribution is 5.82. The second-order valence-corrected chi connectivity index (χ2v) is 5.55. The lowest BCUT2D eigenvalue weighted by atomic mass is 10.0. The van der Waals surface area contributed by atoms with Crippen LogP contribution >= 0.6 is 0 Å². The summed E-state index contributed by atoms with van der Waals surface area (Å²) in [5.41, 5.74) is 0. The molecule has 0 spiro atoms. The fraction of sp³-hybridized carbons (Fsp3) is 0.923. The number of hydrogen-bond donors (Lipinski definition) is 1. The standard InChI is InChI=1S/C13H25N3O/c1-15(2)11-6-5-9-16(10-11)13(17)12-7-3-4-8-14-12/h11-12,14H,3-10H2,1-2H3/t11?,12-/m0/s1. The van der Waals surface area contributed by atoms with Crippen LogP contribution in [0, 0.1) is 0 Å². The summed E-state index contributed by atoms with van der Waals surface area (Å²) in [7, 11) is 4.22. The van der Waals surface area contributed by atoms with E-state index in [4.69, 9.17) is 0 Å². The molecule has 1 amide bonds. The third-order valence-corrected chi connectivity index (χ3v) is 4.05. The lowest BCUT2D eigenvalue weighted by Crippen LogP contribution is -2.54. The topological polar surface area (TPSA) is 35.6 Å². The van der Waals surface area contributed by atoms with Crippen LogP contribution in [0.3, 0.4) is 0 Å². The summed E-state index contributed by atoms with van der Waals surface area (Å²) in [6.07, 6.45) is 5.77. The molecule has 0 aromatic heterocycles. The Morgan fingerprint density at radius 3 is 2.71 bits per heavy atom. The van der Waals surface area contributed by atoms with E-state index in [-0.39, 0.29) is 6.04 Å². The van der Waals surface area contributed by atoms with E-state index >= 15 is 0 Å². The lowest BCUT2D eigenvalue weighted by molar-refractivity contribution is -0.136. The van der Waals surface area contributed by atoms with E-state index in [1.807, 2.05) is 0 Å². The van der Waals surface area contributed by atoms with Gasteiger partial charge >= 0.3 is 0 Å². The van der Waals surface area contributed by atoms with Crippen LogP contribution in [0.15, 0.2) is 0 Å². The normalized spacial score (nSPS) is 30.6. The molecular weight excluding hydrogens is 214 g/mol. The maximum absolute atomic E-state index is 12.4. The molecule has 1 unspecified atom stereocenters. The van der Waals surface area contributed by atoms with Gasteiger partial charge in [-0.3, -0.25) is 4.79 Å². The van der Waals surface area contributed by atoms with Gasteiger partial charge in [0.2, 0.25) is 5.91 Å². The van der Waals surface area contributed by atoms with Crippen LogP contribution in [-0.2, 0) is 4.79 Å². The first-order valence-electron chi connectivity index (χ1n) is 6.87. The Bertz CT molecular complexity index is 261. The third-order valence-electron chi connectivity index (χ3n) is 4.05. The van der Waals surface area contributed by atoms with Crippen LogP contribution in [-0.4, -0.2) is 61.5 Å². The van der Waals surface area contributed by atoms with Crippen LogP contribution in [0.5, 0.6) is 0 Å². The van der Waals surface area contributed by atoms with Gasteiger partial charge in [0.05, 0.1) is 6.04 Å². The van der Waals surface area contributed by atoms with E-state index in [9.17, 15) is 4.79 Å². The van der Waals surface area contributed by atoms with E-state index in [0.717, 1.165) is 32.5 Å². The Kier molecular flexibility index (Phi) is 4.40. The summed E-state index contributed by atoms with van der Waals surface area (Å²) >= 11 is 0. The van der Waals surface area contributed by atoms with Gasteiger partial charge in [0.25, 0.3) is 0 Å². The Labute approximate surface area is 104 Å². The number of amides is 1. The number of likely N-dealkylation sites (tertiary alicyclic amines) is 1. The minimum atomic E-state index is 0.0877. The summed E-state index contributed by atoms with van der Waals surface area (Å²) in [5, 5.41) is 3.36. The first-order valence-corrected chi connectivity index (χ1v) is 6.87. The predicted molar refractivity (Wildman–Crippen MR) is 68.9 cm³/mol. The Morgan fingerprint density at radius 1 is 1.24 bits per heavy atom. The molecule has 17 heavy (non-hydrogen) atoms. The van der Waals surface area contributed by atoms with Crippen LogP contribution in [0.2, 0.25) is 0 Å². The Hall–Kier alpha value is -0.610. The summed E-state index contributed by atoms with van der Waals surface area (Å²) in [5.74, 6) is 0.330. The van der Waals surface area contributed by atoms with E-state index in [0.29, 0.717) is 11.9 Å². The van der Waals surface area contributed by atoms with Crippen molar-refractivity contribution < 1.29 is 4.79 Å². The monoisotopic (exact) mass is 239 g/mol. The molecule has 2 aliphatic rings. The minimum absolute atomic E-state index is 0.0877. The van der Waals surface area contributed by atoms with Crippen molar-refractivity contribution in [1.82, 2.24) is 15.1 Å². The van der Waals surface area contributed by atoms with Crippen molar-refractivity contribution >= 4 is 5.91 Å². The number of hydrogen-bond acceptors (Lipinski definition) is 3. The lowest BCUT2D eigenvalue weighted by Gasteiger charge is -2.38. The fourth-order valence-corrected chi connectivity index (χ4v) is 2.86. The number of carbonyl (C=O) groups is 1. The van der Waals surface area contributed by atoms with Crippen molar-refractivity contribution in [2.75, 3.05) is 33.7 Å². The van der Waals surface area contributed by atoms with E-state index in [2.05, 4.69) is 29.2 Å². The number of nitrogens with zero attached hydrogens (tertiary/aromatic N) is 2. The zero-order chi connectivity index (χ0) is 12.3. The zero-order valence-electron chi connectivity index (χ0n) is 11.1. The van der Waals surface area contributed by atoms with Gasteiger partial charge in [-0.2, -0.15) is 0 Å². The summed E-state index contributed by atoms with van der Waals surface area (Å²) in [6.45, 7) is 2.85. The summed E-state index contributed by atoms with van der Waals surface area (Å²) < 4.78 is 0. The van der Waals surface area contributed by atoms with Crippen LogP contribution in [0.25, 0.3) is 0 Å². The second kappa shape index (κ2) is 5.83. The molecule has 2 heterocycles. The van der Waals surface area contributed by atoms with Crippen molar-refractivity contribution in [3.8, 4) is 0 Å². The smallest absolute Gasteiger partial charge is 0.239 e. The number of likely N-dealkylation sites (N-methyl/N-ethyl adjacent to an activating group) is 1. The average Bonchev–Trinajstić information content (AvgIpc) is 2.39. The molecule has 0 radical (unpaired) electrons. The van der Waals surface area contributed by atoms with Crippen molar-refractivity contribution in [2.24, 2.45) is 0 Å².